The largest absolute Gasteiger partial charge is 0.440 e. The first kappa shape index (κ1) is 18.3. The van der Waals surface area contributed by atoms with Gasteiger partial charge in [-0.15, -0.1) is 0 Å². The molecule has 5 nitrogen and oxygen atoms in total. The van der Waals surface area contributed by atoms with E-state index in [1.807, 2.05) is 12.1 Å². The van der Waals surface area contributed by atoms with Gasteiger partial charge in [-0.2, -0.15) is 14.6 Å². The fourth-order valence-corrected chi connectivity index (χ4v) is 3.44. The van der Waals surface area contributed by atoms with E-state index in [1.54, 1.807) is 18.2 Å². The first-order chi connectivity index (χ1) is 13.7. The number of hydrogen-bond donors (Lipinski definition) is 1. The van der Waals surface area contributed by atoms with Crippen LogP contribution in [0.5, 0.6) is 0 Å². The number of nitrogens with zero attached hydrogens (tertiary/aromatic N) is 2. The van der Waals surface area contributed by atoms with Crippen LogP contribution < -0.4 is 5.32 Å². The van der Waals surface area contributed by atoms with Gasteiger partial charge >= 0.3 is 0 Å². The molecule has 7 heteroatoms. The van der Waals surface area contributed by atoms with Gasteiger partial charge in [-0.25, -0.2) is 4.39 Å². The van der Waals surface area contributed by atoms with Crippen LogP contribution in [0.2, 0.25) is 0 Å². The first-order valence-electron chi connectivity index (χ1n) is 8.91. The molecular weight excluding hydrogens is 364 g/mol. The van der Waals surface area contributed by atoms with Crippen molar-refractivity contribution in [1.82, 2.24) is 10.3 Å². The van der Waals surface area contributed by atoms with Crippen molar-refractivity contribution in [2.45, 2.75) is 12.5 Å². The van der Waals surface area contributed by atoms with Gasteiger partial charge in [-0.05, 0) is 28.8 Å². The van der Waals surface area contributed by atoms with E-state index in [4.69, 9.17) is 14.4 Å². The lowest BCUT2D eigenvalue weighted by Crippen LogP contribution is -2.39. The van der Waals surface area contributed by atoms with E-state index < -0.39 is 11.8 Å². The highest BCUT2D eigenvalue weighted by Gasteiger charge is 2.23. The van der Waals surface area contributed by atoms with Gasteiger partial charge in [0.2, 0.25) is 0 Å². The third-order valence-corrected chi connectivity index (χ3v) is 4.75. The Morgan fingerprint density at radius 1 is 1.25 bits per heavy atom. The average Bonchev–Trinajstić information content (AvgIpc) is 3.14. The van der Waals surface area contributed by atoms with E-state index in [2.05, 4.69) is 10.3 Å². The maximum atomic E-state index is 14.3. The summed E-state index contributed by atoms with van der Waals surface area (Å²) in [6, 6.07) is 11.6. The molecule has 2 heterocycles. The third kappa shape index (κ3) is 3.52. The van der Waals surface area contributed by atoms with Crippen molar-refractivity contribution >= 4 is 0 Å². The standard InChI is InChI=1S/C21H17F2N3O2/c22-18-9-13(4-5-15(18)10-24)17-3-1-2-14(8-16-11-25-6-7-27-16)19(17)20-21(23)26-12-28-20/h1-5,9,12,16,25H,6-8,11H2/t16-/m1/s1. The average molecular weight is 381 g/mol. The quantitative estimate of drug-likeness (QED) is 0.746. The molecule has 0 aliphatic carbocycles. The smallest absolute Gasteiger partial charge is 0.259 e. The number of oxazole rings is 1. The summed E-state index contributed by atoms with van der Waals surface area (Å²) in [5.74, 6) is -1.36. The minimum atomic E-state index is -0.731. The molecular formula is C21H17F2N3O2. The number of rotatable bonds is 4. The second-order valence-corrected chi connectivity index (χ2v) is 6.52. The number of nitriles is 1. The van der Waals surface area contributed by atoms with E-state index >= 15 is 0 Å². The van der Waals surface area contributed by atoms with Crippen molar-refractivity contribution in [2.24, 2.45) is 0 Å². The molecule has 1 fully saturated rings. The van der Waals surface area contributed by atoms with E-state index in [-0.39, 0.29) is 17.4 Å². The van der Waals surface area contributed by atoms with Gasteiger partial charge in [0, 0.05) is 25.1 Å². The van der Waals surface area contributed by atoms with Crippen molar-refractivity contribution in [1.29, 1.82) is 5.26 Å². The molecule has 28 heavy (non-hydrogen) atoms. The predicted octanol–water partition coefficient (Wildman–Crippen LogP) is 3.69. The lowest BCUT2D eigenvalue weighted by Gasteiger charge is -2.25. The van der Waals surface area contributed by atoms with Crippen molar-refractivity contribution in [2.75, 3.05) is 19.7 Å². The zero-order valence-corrected chi connectivity index (χ0v) is 14.9. The number of ether oxygens (including phenoxy) is 1. The highest BCUT2D eigenvalue weighted by Crippen LogP contribution is 2.37. The molecule has 1 aliphatic heterocycles. The Morgan fingerprint density at radius 2 is 2.14 bits per heavy atom. The van der Waals surface area contributed by atoms with E-state index in [0.717, 1.165) is 18.5 Å². The summed E-state index contributed by atoms with van der Waals surface area (Å²) in [5.41, 5.74) is 2.39. The summed E-state index contributed by atoms with van der Waals surface area (Å²) in [6.07, 6.45) is 1.52. The Labute approximate surface area is 160 Å². The number of benzene rings is 2. The van der Waals surface area contributed by atoms with Crippen molar-refractivity contribution in [3.8, 4) is 28.5 Å². The van der Waals surface area contributed by atoms with Crippen molar-refractivity contribution < 1.29 is 17.9 Å². The van der Waals surface area contributed by atoms with Gasteiger partial charge < -0.3 is 14.5 Å². The van der Waals surface area contributed by atoms with Gasteiger partial charge in [0.15, 0.2) is 12.2 Å². The highest BCUT2D eigenvalue weighted by atomic mass is 19.1. The topological polar surface area (TPSA) is 71.1 Å². The minimum absolute atomic E-state index is 0.000800. The molecule has 1 aliphatic rings. The summed E-state index contributed by atoms with van der Waals surface area (Å²) in [4.78, 5) is 3.57. The lowest BCUT2D eigenvalue weighted by molar-refractivity contribution is 0.0293. The second kappa shape index (κ2) is 7.89. The Morgan fingerprint density at radius 3 is 2.82 bits per heavy atom. The molecule has 4 rings (SSSR count). The van der Waals surface area contributed by atoms with Crippen LogP contribution in [0.15, 0.2) is 47.2 Å². The van der Waals surface area contributed by atoms with E-state index in [1.165, 1.54) is 12.1 Å². The molecule has 0 unspecified atom stereocenters. The second-order valence-electron chi connectivity index (χ2n) is 6.52. The fraction of sp³-hybridized carbons (Fsp3) is 0.238. The Bertz CT molecular complexity index is 1040. The minimum Gasteiger partial charge on any atom is -0.440 e. The van der Waals surface area contributed by atoms with Gasteiger partial charge in [0.05, 0.1) is 18.3 Å². The molecule has 2 aromatic carbocycles. The number of nitrogens with one attached hydrogen (secondary N) is 1. The number of halogens is 2. The SMILES string of the molecule is N#Cc1ccc(-c2cccc(C[C@@H]3CNCCO3)c2-c2ocnc2F)cc1F. The van der Waals surface area contributed by atoms with Gasteiger partial charge in [0.25, 0.3) is 5.95 Å². The van der Waals surface area contributed by atoms with Crippen LogP contribution in [0.1, 0.15) is 11.1 Å². The Hall–Kier alpha value is -3.08. The molecule has 1 saturated heterocycles. The zero-order valence-electron chi connectivity index (χ0n) is 14.9. The van der Waals surface area contributed by atoms with Gasteiger partial charge in [-0.1, -0.05) is 24.3 Å². The van der Waals surface area contributed by atoms with E-state index in [9.17, 15) is 8.78 Å². The molecule has 0 bridgehead atoms. The Balaban J connectivity index is 1.84. The monoisotopic (exact) mass is 381 g/mol. The first-order valence-corrected chi connectivity index (χ1v) is 8.91. The lowest BCUT2D eigenvalue weighted by atomic mass is 9.90. The molecule has 3 aromatic rings. The highest BCUT2D eigenvalue weighted by molar-refractivity contribution is 5.84. The molecule has 0 amide bonds. The molecule has 1 N–H and O–H groups in total. The predicted molar refractivity (Wildman–Crippen MR) is 98.3 cm³/mol. The normalized spacial score (nSPS) is 16.7. The molecule has 0 radical (unpaired) electrons. The summed E-state index contributed by atoms with van der Waals surface area (Å²) in [7, 11) is 0. The zero-order chi connectivity index (χ0) is 19.5. The number of morpholine rings is 1. The third-order valence-electron chi connectivity index (χ3n) is 4.75. The van der Waals surface area contributed by atoms with Crippen LogP contribution in [-0.4, -0.2) is 30.8 Å². The summed E-state index contributed by atoms with van der Waals surface area (Å²) in [5, 5.41) is 12.2. The van der Waals surface area contributed by atoms with Crippen LogP contribution in [0.4, 0.5) is 8.78 Å². The molecule has 142 valence electrons. The molecule has 0 spiro atoms. The van der Waals surface area contributed by atoms with Crippen LogP contribution >= 0.6 is 0 Å². The van der Waals surface area contributed by atoms with Crippen LogP contribution in [0.25, 0.3) is 22.5 Å². The molecule has 1 atom stereocenters. The summed E-state index contributed by atoms with van der Waals surface area (Å²) < 4.78 is 39.6. The van der Waals surface area contributed by atoms with E-state index in [0.29, 0.717) is 36.3 Å². The maximum Gasteiger partial charge on any atom is 0.259 e. The van der Waals surface area contributed by atoms with Crippen molar-refractivity contribution in [3.63, 3.8) is 0 Å². The summed E-state index contributed by atoms with van der Waals surface area (Å²) >= 11 is 0. The van der Waals surface area contributed by atoms with Gasteiger partial charge in [0.1, 0.15) is 11.9 Å². The fourth-order valence-electron chi connectivity index (χ4n) is 3.44. The van der Waals surface area contributed by atoms with Crippen LogP contribution in [-0.2, 0) is 11.2 Å². The number of hydrogen-bond acceptors (Lipinski definition) is 5. The number of aromatic nitrogens is 1. The Kier molecular flexibility index (Phi) is 5.15. The summed E-state index contributed by atoms with van der Waals surface area (Å²) in [6.45, 7) is 2.09. The molecule has 1 aromatic heterocycles. The van der Waals surface area contributed by atoms with Crippen molar-refractivity contribution in [3.05, 3.63) is 65.7 Å². The molecule has 0 saturated carbocycles. The van der Waals surface area contributed by atoms with Crippen LogP contribution in [0, 0.1) is 23.1 Å². The van der Waals surface area contributed by atoms with Gasteiger partial charge in [-0.3, -0.25) is 0 Å². The maximum absolute atomic E-state index is 14.3. The van der Waals surface area contributed by atoms with Crippen LogP contribution in [0.3, 0.4) is 0 Å².